The number of benzene rings is 1. The van der Waals surface area contributed by atoms with Crippen molar-refractivity contribution in [2.75, 3.05) is 44.3 Å². The Labute approximate surface area is 195 Å². The molecule has 0 aliphatic carbocycles. The zero-order valence-corrected chi connectivity index (χ0v) is 19.5. The standard InChI is InChI=1S/C19H22N8O5S2/c20-34(30,31)15-4-2-1-3-14(15)18-23-25-27(24-18)17-16(33(28,29)13-11-21-12-13)5-6-22-19(17)26-7-9-32-10-8-26/h1-6,13,21H,7-12H2,(H2,20,30,31). The molecule has 0 radical (unpaired) electrons. The third kappa shape index (κ3) is 4.05. The van der Waals surface area contributed by atoms with Crippen LogP contribution < -0.4 is 15.4 Å². The molecule has 1 aromatic carbocycles. The van der Waals surface area contributed by atoms with Gasteiger partial charge >= 0.3 is 0 Å². The maximum atomic E-state index is 13.4. The number of anilines is 1. The van der Waals surface area contributed by atoms with Crippen molar-refractivity contribution in [1.29, 1.82) is 0 Å². The fourth-order valence-corrected chi connectivity index (χ4v) is 6.29. The Kier molecular flexibility index (Phi) is 5.81. The van der Waals surface area contributed by atoms with E-state index >= 15 is 0 Å². The number of nitrogens with one attached hydrogen (secondary N) is 1. The third-order valence-corrected chi connectivity index (χ3v) is 8.84. The predicted molar refractivity (Wildman–Crippen MR) is 121 cm³/mol. The molecule has 0 saturated carbocycles. The van der Waals surface area contributed by atoms with Crippen molar-refractivity contribution < 1.29 is 21.6 Å². The van der Waals surface area contributed by atoms with E-state index in [0.717, 1.165) is 4.80 Å². The number of sulfonamides is 1. The Bertz CT molecular complexity index is 1430. The zero-order valence-electron chi connectivity index (χ0n) is 17.9. The Morgan fingerprint density at radius 2 is 1.76 bits per heavy atom. The van der Waals surface area contributed by atoms with Gasteiger partial charge in [-0.05, 0) is 23.4 Å². The van der Waals surface area contributed by atoms with E-state index < -0.39 is 25.1 Å². The highest BCUT2D eigenvalue weighted by Gasteiger charge is 2.37. The number of rotatable bonds is 6. The molecular formula is C19H22N8O5S2. The second-order valence-corrected chi connectivity index (χ2v) is 11.6. The minimum Gasteiger partial charge on any atom is -0.378 e. The number of ether oxygens (including phenoxy) is 1. The van der Waals surface area contributed by atoms with Crippen LogP contribution in [0.3, 0.4) is 0 Å². The summed E-state index contributed by atoms with van der Waals surface area (Å²) in [6.45, 7) is 2.61. The van der Waals surface area contributed by atoms with E-state index in [1.807, 2.05) is 4.90 Å². The maximum Gasteiger partial charge on any atom is 0.238 e. The molecule has 0 spiro atoms. The number of aromatic nitrogens is 5. The van der Waals surface area contributed by atoms with E-state index in [1.165, 1.54) is 30.5 Å². The van der Waals surface area contributed by atoms with Crippen LogP contribution in [0.25, 0.3) is 17.1 Å². The summed E-state index contributed by atoms with van der Waals surface area (Å²) in [6, 6.07) is 7.42. The predicted octanol–water partition coefficient (Wildman–Crippen LogP) is -1.05. The average Bonchev–Trinajstić information content (AvgIpc) is 3.27. The minimum absolute atomic E-state index is 0.0185. The molecule has 15 heteroatoms. The molecule has 0 atom stereocenters. The Hall–Kier alpha value is -2.98. The normalized spacial score (nSPS) is 17.5. The molecule has 2 saturated heterocycles. The molecule has 0 bridgehead atoms. The molecule has 5 rings (SSSR count). The zero-order chi connectivity index (χ0) is 23.9. The highest BCUT2D eigenvalue weighted by molar-refractivity contribution is 7.92. The Balaban J connectivity index is 1.68. The summed E-state index contributed by atoms with van der Waals surface area (Å²) >= 11 is 0. The topological polar surface area (TPSA) is 175 Å². The minimum atomic E-state index is -4.06. The van der Waals surface area contributed by atoms with Crippen LogP contribution in [-0.4, -0.2) is 86.7 Å². The third-order valence-electron chi connectivity index (χ3n) is 5.72. The number of hydrogen-bond acceptors (Lipinski definition) is 11. The largest absolute Gasteiger partial charge is 0.378 e. The summed E-state index contributed by atoms with van der Waals surface area (Å²) < 4.78 is 56.3. The van der Waals surface area contributed by atoms with Gasteiger partial charge < -0.3 is 15.0 Å². The van der Waals surface area contributed by atoms with Gasteiger partial charge in [0.05, 0.1) is 23.4 Å². The highest BCUT2D eigenvalue weighted by atomic mass is 32.2. The van der Waals surface area contributed by atoms with Crippen molar-refractivity contribution in [3.63, 3.8) is 0 Å². The molecule has 2 aliphatic heterocycles. The number of nitrogens with zero attached hydrogens (tertiary/aromatic N) is 6. The van der Waals surface area contributed by atoms with E-state index in [0.29, 0.717) is 45.2 Å². The summed E-state index contributed by atoms with van der Waals surface area (Å²) in [5.41, 5.74) is 0.309. The first-order chi connectivity index (χ1) is 16.3. The van der Waals surface area contributed by atoms with Crippen LogP contribution in [0.2, 0.25) is 0 Å². The van der Waals surface area contributed by atoms with Crippen LogP contribution in [0, 0.1) is 0 Å². The molecule has 13 nitrogen and oxygen atoms in total. The second kappa shape index (κ2) is 8.66. The molecule has 2 aliphatic rings. The van der Waals surface area contributed by atoms with Crippen molar-refractivity contribution in [1.82, 2.24) is 30.5 Å². The Morgan fingerprint density at radius 3 is 2.44 bits per heavy atom. The van der Waals surface area contributed by atoms with Crippen molar-refractivity contribution in [3.05, 3.63) is 36.5 Å². The van der Waals surface area contributed by atoms with Gasteiger partial charge in [0.2, 0.25) is 15.8 Å². The monoisotopic (exact) mass is 506 g/mol. The van der Waals surface area contributed by atoms with Crippen molar-refractivity contribution in [2.24, 2.45) is 5.14 Å². The fraction of sp³-hybridized carbons (Fsp3) is 0.368. The maximum absolute atomic E-state index is 13.4. The number of nitrogens with two attached hydrogens (primary N) is 1. The van der Waals surface area contributed by atoms with Gasteiger partial charge in [0.1, 0.15) is 10.6 Å². The summed E-state index contributed by atoms with van der Waals surface area (Å²) in [5.74, 6) is 0.357. The van der Waals surface area contributed by atoms with Gasteiger partial charge in [0, 0.05) is 37.9 Å². The van der Waals surface area contributed by atoms with Gasteiger partial charge in [0.15, 0.2) is 15.7 Å². The number of tetrazole rings is 1. The lowest BCUT2D eigenvalue weighted by Gasteiger charge is -2.31. The smallest absolute Gasteiger partial charge is 0.238 e. The van der Waals surface area contributed by atoms with E-state index in [2.05, 4.69) is 25.7 Å². The van der Waals surface area contributed by atoms with Crippen LogP contribution in [0.5, 0.6) is 0 Å². The first-order valence-corrected chi connectivity index (χ1v) is 13.5. The molecule has 34 heavy (non-hydrogen) atoms. The van der Waals surface area contributed by atoms with Gasteiger partial charge in [-0.1, -0.05) is 12.1 Å². The van der Waals surface area contributed by atoms with E-state index in [9.17, 15) is 16.8 Å². The van der Waals surface area contributed by atoms with Crippen LogP contribution in [0.15, 0.2) is 46.3 Å². The molecule has 4 heterocycles. The van der Waals surface area contributed by atoms with E-state index in [4.69, 9.17) is 9.88 Å². The number of pyridine rings is 1. The summed E-state index contributed by atoms with van der Waals surface area (Å²) in [4.78, 5) is 7.29. The number of hydrogen-bond donors (Lipinski definition) is 2. The van der Waals surface area contributed by atoms with E-state index in [1.54, 1.807) is 6.07 Å². The lowest BCUT2D eigenvalue weighted by molar-refractivity contribution is 0.122. The lowest BCUT2D eigenvalue weighted by atomic mass is 10.2. The van der Waals surface area contributed by atoms with Crippen LogP contribution in [-0.2, 0) is 24.6 Å². The molecule has 180 valence electrons. The van der Waals surface area contributed by atoms with Crippen LogP contribution in [0.1, 0.15) is 0 Å². The molecule has 3 N–H and O–H groups in total. The van der Waals surface area contributed by atoms with Gasteiger partial charge in [-0.15, -0.1) is 15.0 Å². The first kappa shape index (κ1) is 22.8. The van der Waals surface area contributed by atoms with Crippen molar-refractivity contribution in [2.45, 2.75) is 15.0 Å². The van der Waals surface area contributed by atoms with Gasteiger partial charge in [0.25, 0.3) is 0 Å². The molecule has 2 fully saturated rings. The van der Waals surface area contributed by atoms with Gasteiger partial charge in [-0.2, -0.15) is 0 Å². The van der Waals surface area contributed by atoms with Crippen molar-refractivity contribution in [3.8, 4) is 17.1 Å². The average molecular weight is 507 g/mol. The molecule has 0 unspecified atom stereocenters. The second-order valence-electron chi connectivity index (χ2n) is 7.85. The first-order valence-electron chi connectivity index (χ1n) is 10.5. The SMILES string of the molecule is NS(=O)(=O)c1ccccc1-c1nnn(-c2c(S(=O)(=O)C3CNC3)ccnc2N2CCOCC2)n1. The van der Waals surface area contributed by atoms with Crippen molar-refractivity contribution >= 4 is 25.7 Å². The molecule has 3 aromatic rings. The highest BCUT2D eigenvalue weighted by Crippen LogP contribution is 2.32. The molecule has 0 amide bonds. The molecule has 2 aromatic heterocycles. The number of primary sulfonamides is 1. The number of sulfone groups is 1. The summed E-state index contributed by atoms with van der Waals surface area (Å²) in [7, 11) is -7.79. The lowest BCUT2D eigenvalue weighted by Crippen LogP contribution is -2.51. The van der Waals surface area contributed by atoms with E-state index in [-0.39, 0.29) is 26.9 Å². The summed E-state index contributed by atoms with van der Waals surface area (Å²) in [6.07, 6.45) is 1.45. The van der Waals surface area contributed by atoms with Crippen LogP contribution >= 0.6 is 0 Å². The van der Waals surface area contributed by atoms with Gasteiger partial charge in [-0.3, -0.25) is 0 Å². The summed E-state index contributed by atoms with van der Waals surface area (Å²) in [5, 5.41) is 20.2. The fourth-order valence-electron chi connectivity index (χ4n) is 3.83. The van der Waals surface area contributed by atoms with Crippen LogP contribution in [0.4, 0.5) is 5.82 Å². The van der Waals surface area contributed by atoms with Gasteiger partial charge in [-0.25, -0.2) is 27.0 Å². The Morgan fingerprint density at radius 1 is 1.03 bits per heavy atom. The number of morpholine rings is 1. The quantitative estimate of drug-likeness (QED) is 0.417. The molecular weight excluding hydrogens is 484 g/mol.